The van der Waals surface area contributed by atoms with Gasteiger partial charge in [-0.1, -0.05) is 51.8 Å². The van der Waals surface area contributed by atoms with Gasteiger partial charge < -0.3 is 10.6 Å². The fourth-order valence-corrected chi connectivity index (χ4v) is 3.66. The number of hydrogen-bond donors (Lipinski definition) is 1. The maximum absolute atomic E-state index is 6.14. The van der Waals surface area contributed by atoms with Crippen LogP contribution in [0.3, 0.4) is 0 Å². The van der Waals surface area contributed by atoms with Crippen molar-refractivity contribution in [1.29, 1.82) is 0 Å². The van der Waals surface area contributed by atoms with Gasteiger partial charge in [0.15, 0.2) is 5.96 Å². The maximum Gasteiger partial charge on any atom is 0.196 e. The minimum absolute atomic E-state index is 0.338. The van der Waals surface area contributed by atoms with Crippen molar-refractivity contribution in [3.05, 3.63) is 63.6 Å². The topological polar surface area (TPSA) is 41.6 Å². The summed E-state index contributed by atoms with van der Waals surface area (Å²) in [5.41, 5.74) is 7.89. The Kier molecular flexibility index (Phi) is 3.68. The fraction of sp³-hybridized carbons (Fsp3) is 0.188. The van der Waals surface area contributed by atoms with E-state index in [0.29, 0.717) is 17.5 Å². The predicted molar refractivity (Wildman–Crippen MR) is 91.9 cm³/mol. The van der Waals surface area contributed by atoms with Gasteiger partial charge in [-0.25, -0.2) is 0 Å². The third-order valence-corrected chi connectivity index (χ3v) is 4.72. The lowest BCUT2D eigenvalue weighted by Crippen LogP contribution is -2.48. The van der Waals surface area contributed by atoms with E-state index in [1.54, 1.807) is 0 Å². The molecule has 108 valence electrons. The molecule has 0 saturated heterocycles. The first-order valence-electron chi connectivity index (χ1n) is 6.63. The molecule has 2 aromatic rings. The molecule has 2 N–H and O–H groups in total. The van der Waals surface area contributed by atoms with Crippen LogP contribution in [0.2, 0.25) is 5.02 Å². The Morgan fingerprint density at radius 1 is 1.24 bits per heavy atom. The average Bonchev–Trinajstić information content (AvgIpc) is 2.76. The molecule has 0 saturated carbocycles. The monoisotopic (exact) mass is 363 g/mol. The zero-order chi connectivity index (χ0) is 15.0. The first-order valence-corrected chi connectivity index (χ1v) is 7.80. The van der Waals surface area contributed by atoms with Crippen LogP contribution in [0.5, 0.6) is 0 Å². The second kappa shape index (κ2) is 5.35. The number of aliphatic imine (C=N–C) groups is 1. The van der Waals surface area contributed by atoms with Crippen LogP contribution < -0.4 is 10.6 Å². The Morgan fingerprint density at radius 2 is 2.00 bits per heavy atom. The number of guanidine groups is 1. The van der Waals surface area contributed by atoms with E-state index in [1.165, 1.54) is 0 Å². The first kappa shape index (κ1) is 14.4. The SMILES string of the molecule is CC1(c2ccccc2Br)CN=C(N)N1c1cccc(Cl)c1. The number of nitrogens with two attached hydrogens (primary N) is 1. The summed E-state index contributed by atoms with van der Waals surface area (Å²) in [5.74, 6) is 0.510. The van der Waals surface area contributed by atoms with Crippen LogP contribution in [0.4, 0.5) is 5.69 Å². The van der Waals surface area contributed by atoms with Crippen molar-refractivity contribution in [3.63, 3.8) is 0 Å². The highest BCUT2D eigenvalue weighted by atomic mass is 79.9. The zero-order valence-electron chi connectivity index (χ0n) is 11.6. The van der Waals surface area contributed by atoms with Crippen molar-refractivity contribution in [2.75, 3.05) is 11.4 Å². The summed E-state index contributed by atoms with van der Waals surface area (Å²) in [7, 11) is 0. The molecule has 0 bridgehead atoms. The molecule has 2 aromatic carbocycles. The van der Waals surface area contributed by atoms with Gasteiger partial charge in [-0.15, -0.1) is 0 Å². The van der Waals surface area contributed by atoms with Crippen molar-refractivity contribution in [2.45, 2.75) is 12.5 Å². The van der Waals surface area contributed by atoms with E-state index in [4.69, 9.17) is 17.3 Å². The molecule has 0 fully saturated rings. The van der Waals surface area contributed by atoms with Gasteiger partial charge in [0, 0.05) is 15.2 Å². The molecule has 1 atom stereocenters. The number of rotatable bonds is 2. The van der Waals surface area contributed by atoms with Crippen molar-refractivity contribution in [2.24, 2.45) is 10.7 Å². The number of halogens is 2. The third-order valence-electron chi connectivity index (χ3n) is 3.79. The van der Waals surface area contributed by atoms with Gasteiger partial charge in [-0.05, 0) is 36.8 Å². The third kappa shape index (κ3) is 2.43. The Labute approximate surface area is 137 Å². The second-order valence-corrected chi connectivity index (χ2v) is 6.53. The normalized spacial score (nSPS) is 21.5. The summed E-state index contributed by atoms with van der Waals surface area (Å²) in [6.45, 7) is 2.74. The number of hydrogen-bond acceptors (Lipinski definition) is 3. The maximum atomic E-state index is 6.14. The van der Waals surface area contributed by atoms with Crippen LogP contribution >= 0.6 is 27.5 Å². The molecule has 1 aliphatic heterocycles. The van der Waals surface area contributed by atoms with Crippen LogP contribution in [0.25, 0.3) is 0 Å². The molecule has 21 heavy (non-hydrogen) atoms. The van der Waals surface area contributed by atoms with Gasteiger partial charge in [0.1, 0.15) is 0 Å². The lowest BCUT2D eigenvalue weighted by molar-refractivity contribution is 0.530. The van der Waals surface area contributed by atoms with E-state index < -0.39 is 0 Å². The zero-order valence-corrected chi connectivity index (χ0v) is 13.9. The smallest absolute Gasteiger partial charge is 0.196 e. The summed E-state index contributed by atoms with van der Waals surface area (Å²) in [6.07, 6.45) is 0. The van der Waals surface area contributed by atoms with Gasteiger partial charge in [-0.2, -0.15) is 0 Å². The predicted octanol–water partition coefficient (Wildman–Crippen LogP) is 4.15. The van der Waals surface area contributed by atoms with E-state index in [-0.39, 0.29) is 5.54 Å². The van der Waals surface area contributed by atoms with Crippen LogP contribution in [-0.4, -0.2) is 12.5 Å². The van der Waals surface area contributed by atoms with E-state index >= 15 is 0 Å². The first-order chi connectivity index (χ1) is 10.0. The highest BCUT2D eigenvalue weighted by molar-refractivity contribution is 9.10. The lowest BCUT2D eigenvalue weighted by Gasteiger charge is -2.37. The molecular weight excluding hydrogens is 350 g/mol. The molecule has 0 radical (unpaired) electrons. The minimum Gasteiger partial charge on any atom is -0.369 e. The second-order valence-electron chi connectivity index (χ2n) is 5.24. The standard InChI is InChI=1S/C16H15BrClN3/c1-16(13-7-2-3-8-14(13)17)10-20-15(19)21(16)12-6-4-5-11(18)9-12/h2-9H,10H2,1H3,(H2,19,20). The molecule has 1 unspecified atom stereocenters. The molecule has 5 heteroatoms. The van der Waals surface area contributed by atoms with E-state index in [0.717, 1.165) is 15.7 Å². The molecular formula is C16H15BrClN3. The van der Waals surface area contributed by atoms with Crippen molar-refractivity contribution < 1.29 is 0 Å². The van der Waals surface area contributed by atoms with Crippen molar-refractivity contribution in [1.82, 2.24) is 0 Å². The average molecular weight is 365 g/mol. The van der Waals surface area contributed by atoms with Crippen LogP contribution in [0, 0.1) is 0 Å². The fourth-order valence-electron chi connectivity index (χ4n) is 2.77. The Balaban J connectivity index is 2.13. The van der Waals surface area contributed by atoms with Gasteiger partial charge in [0.25, 0.3) is 0 Å². The molecule has 3 rings (SSSR count). The van der Waals surface area contributed by atoms with Crippen molar-refractivity contribution in [3.8, 4) is 0 Å². The van der Waals surface area contributed by atoms with Gasteiger partial charge >= 0.3 is 0 Å². The molecule has 1 aliphatic rings. The summed E-state index contributed by atoms with van der Waals surface area (Å²) in [6, 6.07) is 15.8. The summed E-state index contributed by atoms with van der Waals surface area (Å²) in [5, 5.41) is 0.682. The summed E-state index contributed by atoms with van der Waals surface area (Å²) < 4.78 is 1.05. The van der Waals surface area contributed by atoms with E-state index in [9.17, 15) is 0 Å². The summed E-state index contributed by atoms with van der Waals surface area (Å²) >= 11 is 9.76. The van der Waals surface area contributed by atoms with Crippen LogP contribution in [0.1, 0.15) is 12.5 Å². The largest absolute Gasteiger partial charge is 0.369 e. The minimum atomic E-state index is -0.338. The van der Waals surface area contributed by atoms with E-state index in [1.807, 2.05) is 47.4 Å². The molecule has 0 aliphatic carbocycles. The van der Waals surface area contributed by atoms with Crippen LogP contribution in [-0.2, 0) is 5.54 Å². The van der Waals surface area contributed by atoms with Gasteiger partial charge in [0.2, 0.25) is 0 Å². The molecule has 3 nitrogen and oxygen atoms in total. The van der Waals surface area contributed by atoms with E-state index in [2.05, 4.69) is 33.9 Å². The van der Waals surface area contributed by atoms with Gasteiger partial charge in [-0.3, -0.25) is 4.99 Å². The highest BCUT2D eigenvalue weighted by Gasteiger charge is 2.41. The number of anilines is 1. The highest BCUT2D eigenvalue weighted by Crippen LogP contribution is 2.40. The lowest BCUT2D eigenvalue weighted by atomic mass is 9.90. The van der Waals surface area contributed by atoms with Crippen LogP contribution in [0.15, 0.2) is 58.0 Å². The van der Waals surface area contributed by atoms with Crippen molar-refractivity contribution >= 4 is 39.2 Å². The molecule has 0 amide bonds. The van der Waals surface area contributed by atoms with Gasteiger partial charge in [0.05, 0.1) is 12.1 Å². The quantitative estimate of drug-likeness (QED) is 0.869. The summed E-state index contributed by atoms with van der Waals surface area (Å²) in [4.78, 5) is 6.49. The molecule has 0 aromatic heterocycles. The Bertz CT molecular complexity index is 716. The molecule has 0 spiro atoms. The number of benzene rings is 2. The Hall–Kier alpha value is -1.52. The number of nitrogens with zero attached hydrogens (tertiary/aromatic N) is 2. The Morgan fingerprint density at radius 3 is 2.71 bits per heavy atom. The molecule has 1 heterocycles.